The van der Waals surface area contributed by atoms with E-state index in [4.69, 9.17) is 11.6 Å². The van der Waals surface area contributed by atoms with Crippen molar-refractivity contribution in [1.29, 1.82) is 0 Å². The summed E-state index contributed by atoms with van der Waals surface area (Å²) in [5, 5.41) is 3.97. The number of hydrogen-bond acceptors (Lipinski definition) is 2. The fraction of sp³-hybridized carbons (Fsp3) is 0.312. The standard InChI is InChI=1S/C16H18ClN3/c1-10-11(2)20(12(3)13-7-5-4-6-8-13)16-14(10)15(17)18-9-19-16/h4-8,12,19H,9H2,1-3H3/t12-/m1/s1. The minimum atomic E-state index is 0.258. The SMILES string of the molecule is Cc1c2c(n([C@H](C)c3ccccc3)c1C)NCN=C2Cl. The lowest BCUT2D eigenvalue weighted by molar-refractivity contribution is 0.629. The Morgan fingerprint density at radius 2 is 1.95 bits per heavy atom. The molecule has 2 aromatic rings. The van der Waals surface area contributed by atoms with Crippen LogP contribution in [0.25, 0.3) is 0 Å². The van der Waals surface area contributed by atoms with Gasteiger partial charge in [0.05, 0.1) is 11.6 Å². The smallest absolute Gasteiger partial charge is 0.136 e. The summed E-state index contributed by atoms with van der Waals surface area (Å²) in [6.45, 7) is 6.99. The zero-order valence-corrected chi connectivity index (χ0v) is 12.7. The Morgan fingerprint density at radius 3 is 2.65 bits per heavy atom. The molecular formula is C16H18ClN3. The zero-order valence-electron chi connectivity index (χ0n) is 11.9. The van der Waals surface area contributed by atoms with Gasteiger partial charge in [0.15, 0.2) is 0 Å². The van der Waals surface area contributed by atoms with Gasteiger partial charge >= 0.3 is 0 Å². The number of aromatic nitrogens is 1. The normalized spacial score (nSPS) is 15.3. The van der Waals surface area contributed by atoms with E-state index in [2.05, 4.69) is 59.9 Å². The summed E-state index contributed by atoms with van der Waals surface area (Å²) in [6.07, 6.45) is 0. The van der Waals surface area contributed by atoms with Gasteiger partial charge in [0, 0.05) is 5.69 Å². The molecule has 0 unspecified atom stereocenters. The maximum Gasteiger partial charge on any atom is 0.136 e. The van der Waals surface area contributed by atoms with Gasteiger partial charge in [-0.05, 0) is 31.9 Å². The van der Waals surface area contributed by atoms with Crippen LogP contribution < -0.4 is 5.32 Å². The monoisotopic (exact) mass is 287 g/mol. The lowest BCUT2D eigenvalue weighted by Gasteiger charge is -2.22. The molecule has 1 aromatic heterocycles. The molecule has 20 heavy (non-hydrogen) atoms. The molecule has 0 radical (unpaired) electrons. The predicted molar refractivity (Wildman–Crippen MR) is 85.0 cm³/mol. The Kier molecular flexibility index (Phi) is 3.30. The van der Waals surface area contributed by atoms with Crippen LogP contribution in [0.5, 0.6) is 0 Å². The second-order valence-electron chi connectivity index (χ2n) is 5.17. The van der Waals surface area contributed by atoms with Crippen LogP contribution in [0, 0.1) is 13.8 Å². The molecule has 1 aliphatic rings. The molecule has 104 valence electrons. The molecule has 3 nitrogen and oxygen atoms in total. The second-order valence-corrected chi connectivity index (χ2v) is 5.53. The lowest BCUT2D eigenvalue weighted by atomic mass is 10.1. The molecule has 1 N–H and O–H groups in total. The van der Waals surface area contributed by atoms with E-state index in [1.807, 2.05) is 6.07 Å². The van der Waals surface area contributed by atoms with Crippen molar-refractivity contribution in [3.8, 4) is 0 Å². The highest BCUT2D eigenvalue weighted by molar-refractivity contribution is 6.70. The highest BCUT2D eigenvalue weighted by atomic mass is 35.5. The first-order valence-corrected chi connectivity index (χ1v) is 7.19. The third-order valence-corrected chi connectivity index (χ3v) is 4.41. The molecule has 0 aliphatic carbocycles. The minimum absolute atomic E-state index is 0.258. The summed E-state index contributed by atoms with van der Waals surface area (Å²) < 4.78 is 2.32. The predicted octanol–water partition coefficient (Wildman–Crippen LogP) is 4.08. The van der Waals surface area contributed by atoms with Crippen LogP contribution in [-0.4, -0.2) is 16.4 Å². The molecule has 0 fully saturated rings. The zero-order chi connectivity index (χ0) is 14.3. The van der Waals surface area contributed by atoms with Crippen molar-refractivity contribution in [2.45, 2.75) is 26.8 Å². The number of anilines is 1. The molecule has 0 saturated heterocycles. The maximum atomic E-state index is 6.29. The van der Waals surface area contributed by atoms with E-state index in [9.17, 15) is 0 Å². The summed E-state index contributed by atoms with van der Waals surface area (Å²) in [5.41, 5.74) is 4.75. The van der Waals surface area contributed by atoms with Gasteiger partial charge in [0.1, 0.15) is 17.7 Å². The number of nitrogens with zero attached hydrogens (tertiary/aromatic N) is 2. The van der Waals surface area contributed by atoms with Gasteiger partial charge in [0.25, 0.3) is 0 Å². The average Bonchev–Trinajstić information content (AvgIpc) is 2.72. The number of halogens is 1. The van der Waals surface area contributed by atoms with E-state index in [1.165, 1.54) is 16.8 Å². The van der Waals surface area contributed by atoms with Crippen LogP contribution in [0.4, 0.5) is 5.82 Å². The van der Waals surface area contributed by atoms with Gasteiger partial charge < -0.3 is 9.88 Å². The van der Waals surface area contributed by atoms with Crippen LogP contribution in [0.3, 0.4) is 0 Å². The van der Waals surface area contributed by atoms with Crippen molar-refractivity contribution < 1.29 is 0 Å². The van der Waals surface area contributed by atoms with Gasteiger partial charge in [-0.15, -0.1) is 0 Å². The third-order valence-electron chi connectivity index (χ3n) is 4.10. The van der Waals surface area contributed by atoms with E-state index in [0.29, 0.717) is 11.8 Å². The first-order chi connectivity index (χ1) is 9.61. The molecule has 1 aromatic carbocycles. The number of hydrogen-bond donors (Lipinski definition) is 1. The van der Waals surface area contributed by atoms with Crippen molar-refractivity contribution in [1.82, 2.24) is 4.57 Å². The van der Waals surface area contributed by atoms with Crippen LogP contribution >= 0.6 is 11.6 Å². The molecule has 0 spiro atoms. The summed E-state index contributed by atoms with van der Waals surface area (Å²) in [6, 6.07) is 10.8. The Labute approximate surface area is 124 Å². The van der Waals surface area contributed by atoms with Crippen molar-refractivity contribution >= 4 is 22.6 Å². The average molecular weight is 288 g/mol. The van der Waals surface area contributed by atoms with Gasteiger partial charge in [-0.25, -0.2) is 0 Å². The quantitative estimate of drug-likeness (QED) is 0.886. The Morgan fingerprint density at radius 1 is 1.25 bits per heavy atom. The van der Waals surface area contributed by atoms with Crippen LogP contribution in [0.1, 0.15) is 35.3 Å². The molecular weight excluding hydrogens is 270 g/mol. The highest BCUT2D eigenvalue weighted by Crippen LogP contribution is 2.35. The fourth-order valence-corrected chi connectivity index (χ4v) is 3.17. The van der Waals surface area contributed by atoms with E-state index in [-0.39, 0.29) is 6.04 Å². The highest BCUT2D eigenvalue weighted by Gasteiger charge is 2.25. The lowest BCUT2D eigenvalue weighted by Crippen LogP contribution is -2.17. The number of aliphatic imine (C=N–C) groups is 1. The van der Waals surface area contributed by atoms with Crippen LogP contribution in [0.2, 0.25) is 0 Å². The van der Waals surface area contributed by atoms with Gasteiger partial charge in [-0.3, -0.25) is 4.99 Å². The number of fused-ring (bicyclic) bond motifs is 1. The molecule has 0 bridgehead atoms. The Bertz CT molecular complexity index is 671. The molecule has 2 heterocycles. The van der Waals surface area contributed by atoms with Gasteiger partial charge in [0.2, 0.25) is 0 Å². The molecule has 0 amide bonds. The fourth-order valence-electron chi connectivity index (χ4n) is 2.88. The maximum absolute atomic E-state index is 6.29. The van der Waals surface area contributed by atoms with Gasteiger partial charge in [-0.2, -0.15) is 0 Å². The summed E-state index contributed by atoms with van der Waals surface area (Å²) in [7, 11) is 0. The van der Waals surface area contributed by atoms with Crippen LogP contribution in [-0.2, 0) is 0 Å². The van der Waals surface area contributed by atoms with Gasteiger partial charge in [-0.1, -0.05) is 41.9 Å². The molecule has 1 aliphatic heterocycles. The number of nitrogens with one attached hydrogen (secondary N) is 1. The second kappa shape index (κ2) is 4.98. The van der Waals surface area contributed by atoms with Crippen molar-refractivity contribution in [3.63, 3.8) is 0 Å². The first kappa shape index (κ1) is 13.3. The van der Waals surface area contributed by atoms with Crippen LogP contribution in [0.15, 0.2) is 35.3 Å². The van der Waals surface area contributed by atoms with E-state index >= 15 is 0 Å². The summed E-state index contributed by atoms with van der Waals surface area (Å²) in [5.74, 6) is 1.08. The molecule has 3 rings (SSSR count). The molecule has 1 atom stereocenters. The summed E-state index contributed by atoms with van der Waals surface area (Å²) >= 11 is 6.29. The Balaban J connectivity index is 2.16. The van der Waals surface area contributed by atoms with E-state index in [0.717, 1.165) is 11.4 Å². The molecule has 4 heteroatoms. The molecule has 0 saturated carbocycles. The summed E-state index contributed by atoms with van der Waals surface area (Å²) in [4.78, 5) is 4.28. The largest absolute Gasteiger partial charge is 0.352 e. The third kappa shape index (κ3) is 1.93. The van der Waals surface area contributed by atoms with Crippen molar-refractivity contribution in [3.05, 3.63) is 52.7 Å². The van der Waals surface area contributed by atoms with E-state index < -0.39 is 0 Å². The Hall–Kier alpha value is -1.74. The first-order valence-electron chi connectivity index (χ1n) is 6.81. The van der Waals surface area contributed by atoms with E-state index in [1.54, 1.807) is 0 Å². The topological polar surface area (TPSA) is 29.3 Å². The number of rotatable bonds is 2. The minimum Gasteiger partial charge on any atom is -0.352 e. The van der Waals surface area contributed by atoms with Crippen molar-refractivity contribution in [2.75, 3.05) is 12.0 Å². The van der Waals surface area contributed by atoms with Crippen molar-refractivity contribution in [2.24, 2.45) is 4.99 Å². The number of benzene rings is 1.